The van der Waals surface area contributed by atoms with Crippen LogP contribution in [0.5, 0.6) is 0 Å². The van der Waals surface area contributed by atoms with Gasteiger partial charge in [-0.05, 0) is 43.1 Å². The molecule has 112 valence electrons. The molecule has 1 saturated carbocycles. The predicted molar refractivity (Wildman–Crippen MR) is 80.9 cm³/mol. The van der Waals surface area contributed by atoms with Gasteiger partial charge in [-0.3, -0.25) is 4.79 Å². The summed E-state index contributed by atoms with van der Waals surface area (Å²) in [6.45, 7) is 8.24. The Morgan fingerprint density at radius 1 is 1.21 bits per heavy atom. The van der Waals surface area contributed by atoms with E-state index >= 15 is 0 Å². The Morgan fingerprint density at radius 3 is 2.42 bits per heavy atom. The molecule has 0 aromatic heterocycles. The summed E-state index contributed by atoms with van der Waals surface area (Å²) in [6.07, 6.45) is 9.04. The van der Waals surface area contributed by atoms with E-state index in [0.29, 0.717) is 18.4 Å². The third kappa shape index (κ3) is 6.42. The van der Waals surface area contributed by atoms with Gasteiger partial charge in [-0.15, -0.1) is 0 Å². The van der Waals surface area contributed by atoms with Gasteiger partial charge in [0.2, 0.25) is 5.91 Å². The minimum atomic E-state index is 0.181. The van der Waals surface area contributed by atoms with Crippen molar-refractivity contribution in [2.45, 2.75) is 72.1 Å². The summed E-state index contributed by atoms with van der Waals surface area (Å²) in [5.74, 6) is 0.205. The van der Waals surface area contributed by atoms with Crippen molar-refractivity contribution in [3.63, 3.8) is 0 Å². The highest BCUT2D eigenvalue weighted by molar-refractivity contribution is 5.75. The van der Waals surface area contributed by atoms with E-state index in [1.807, 2.05) is 0 Å². The zero-order valence-corrected chi connectivity index (χ0v) is 13.1. The number of nitrogens with one attached hydrogen (secondary N) is 1. The van der Waals surface area contributed by atoms with Crippen LogP contribution in [0.3, 0.4) is 0 Å². The molecular formula is C16H32N2O. The first-order valence-corrected chi connectivity index (χ1v) is 7.84. The normalized spacial score (nSPS) is 19.2. The average Bonchev–Trinajstić information content (AvgIpc) is 2.35. The van der Waals surface area contributed by atoms with Crippen LogP contribution in [-0.4, -0.2) is 19.0 Å². The van der Waals surface area contributed by atoms with Crippen molar-refractivity contribution in [1.82, 2.24) is 5.32 Å². The minimum absolute atomic E-state index is 0.181. The number of carbonyl (C=O) groups excluding carboxylic acids is 1. The number of nitrogens with two attached hydrogens (primary N) is 1. The van der Waals surface area contributed by atoms with Gasteiger partial charge in [0, 0.05) is 13.0 Å². The smallest absolute Gasteiger partial charge is 0.220 e. The highest BCUT2D eigenvalue weighted by Crippen LogP contribution is 2.35. The van der Waals surface area contributed by atoms with Gasteiger partial charge in [-0.2, -0.15) is 0 Å². The maximum absolute atomic E-state index is 11.9. The van der Waals surface area contributed by atoms with Crippen molar-refractivity contribution in [2.75, 3.05) is 13.1 Å². The van der Waals surface area contributed by atoms with Gasteiger partial charge in [-0.25, -0.2) is 0 Å². The topological polar surface area (TPSA) is 55.1 Å². The van der Waals surface area contributed by atoms with Gasteiger partial charge in [0.25, 0.3) is 0 Å². The Balaban J connectivity index is 2.24. The van der Waals surface area contributed by atoms with E-state index in [1.165, 1.54) is 32.1 Å². The highest BCUT2D eigenvalue weighted by atomic mass is 16.1. The molecule has 0 spiro atoms. The maximum Gasteiger partial charge on any atom is 0.220 e. The van der Waals surface area contributed by atoms with Crippen LogP contribution in [0.2, 0.25) is 0 Å². The molecule has 0 saturated heterocycles. The van der Waals surface area contributed by atoms with Crippen LogP contribution in [0.4, 0.5) is 0 Å². The van der Waals surface area contributed by atoms with E-state index in [1.54, 1.807) is 0 Å². The second-order valence-corrected chi connectivity index (χ2v) is 7.35. The molecule has 0 radical (unpaired) electrons. The zero-order chi connectivity index (χ0) is 14.4. The summed E-state index contributed by atoms with van der Waals surface area (Å²) in [5, 5.41) is 3.14. The molecule has 0 aromatic rings. The van der Waals surface area contributed by atoms with Crippen LogP contribution in [0, 0.1) is 10.8 Å². The summed E-state index contributed by atoms with van der Waals surface area (Å²) in [6, 6.07) is 0. The van der Waals surface area contributed by atoms with Gasteiger partial charge >= 0.3 is 0 Å². The number of hydrogen-bond donors (Lipinski definition) is 2. The SMILES string of the molecule is CC(C)(CCN)CCC(=O)NCC1(C)CCCCC1. The lowest BCUT2D eigenvalue weighted by Crippen LogP contribution is -2.37. The van der Waals surface area contributed by atoms with Crippen molar-refractivity contribution in [3.8, 4) is 0 Å². The molecule has 0 heterocycles. The average molecular weight is 268 g/mol. The van der Waals surface area contributed by atoms with E-state index in [0.717, 1.165) is 19.4 Å². The molecule has 0 atom stereocenters. The fourth-order valence-electron chi connectivity index (χ4n) is 2.95. The predicted octanol–water partition coefficient (Wildman–Crippen LogP) is 3.23. The molecule has 0 bridgehead atoms. The van der Waals surface area contributed by atoms with Crippen molar-refractivity contribution in [2.24, 2.45) is 16.6 Å². The molecule has 19 heavy (non-hydrogen) atoms. The second kappa shape index (κ2) is 7.28. The first-order valence-electron chi connectivity index (χ1n) is 7.84. The van der Waals surface area contributed by atoms with Crippen LogP contribution in [0.25, 0.3) is 0 Å². The molecule has 1 rings (SSSR count). The lowest BCUT2D eigenvalue weighted by molar-refractivity contribution is -0.122. The van der Waals surface area contributed by atoms with Crippen LogP contribution in [0.1, 0.15) is 72.1 Å². The molecule has 0 aliphatic heterocycles. The molecule has 1 aliphatic rings. The van der Waals surface area contributed by atoms with Crippen molar-refractivity contribution < 1.29 is 4.79 Å². The molecule has 3 nitrogen and oxygen atoms in total. The monoisotopic (exact) mass is 268 g/mol. The molecular weight excluding hydrogens is 236 g/mol. The van der Waals surface area contributed by atoms with Gasteiger partial charge in [0.15, 0.2) is 0 Å². The summed E-state index contributed by atoms with van der Waals surface area (Å²) in [4.78, 5) is 11.9. The number of amides is 1. The first kappa shape index (κ1) is 16.5. The van der Waals surface area contributed by atoms with E-state index in [-0.39, 0.29) is 11.3 Å². The Bertz CT molecular complexity index is 280. The second-order valence-electron chi connectivity index (χ2n) is 7.35. The number of rotatable bonds is 7. The fourth-order valence-corrected chi connectivity index (χ4v) is 2.95. The van der Waals surface area contributed by atoms with E-state index in [4.69, 9.17) is 5.73 Å². The lowest BCUT2D eigenvalue weighted by Gasteiger charge is -2.33. The Kier molecular flexibility index (Phi) is 6.31. The quantitative estimate of drug-likeness (QED) is 0.745. The molecule has 1 aliphatic carbocycles. The highest BCUT2D eigenvalue weighted by Gasteiger charge is 2.27. The van der Waals surface area contributed by atoms with Gasteiger partial charge in [0.05, 0.1) is 0 Å². The number of hydrogen-bond acceptors (Lipinski definition) is 2. The van der Waals surface area contributed by atoms with Crippen LogP contribution in [-0.2, 0) is 4.79 Å². The molecule has 1 amide bonds. The molecule has 1 fully saturated rings. The summed E-state index contributed by atoms with van der Waals surface area (Å²) >= 11 is 0. The van der Waals surface area contributed by atoms with E-state index in [2.05, 4.69) is 26.1 Å². The van der Waals surface area contributed by atoms with Gasteiger partial charge < -0.3 is 11.1 Å². The minimum Gasteiger partial charge on any atom is -0.356 e. The third-order valence-electron chi connectivity index (χ3n) is 4.62. The van der Waals surface area contributed by atoms with Crippen LogP contribution >= 0.6 is 0 Å². The molecule has 0 aromatic carbocycles. The lowest BCUT2D eigenvalue weighted by atomic mass is 9.75. The zero-order valence-electron chi connectivity index (χ0n) is 13.1. The van der Waals surface area contributed by atoms with Crippen molar-refractivity contribution >= 4 is 5.91 Å². The Labute approximate surface area is 118 Å². The maximum atomic E-state index is 11.9. The molecule has 3 heteroatoms. The fraction of sp³-hybridized carbons (Fsp3) is 0.938. The first-order chi connectivity index (χ1) is 8.87. The summed E-state index contributed by atoms with van der Waals surface area (Å²) < 4.78 is 0. The van der Waals surface area contributed by atoms with Crippen molar-refractivity contribution in [3.05, 3.63) is 0 Å². The number of carbonyl (C=O) groups is 1. The standard InChI is InChI=1S/C16H32N2O/c1-15(2,11-12-17)10-7-14(19)18-13-16(3)8-5-4-6-9-16/h4-13,17H2,1-3H3,(H,18,19). The van der Waals surface area contributed by atoms with Gasteiger partial charge in [-0.1, -0.05) is 40.0 Å². The summed E-state index contributed by atoms with van der Waals surface area (Å²) in [5.41, 5.74) is 6.11. The van der Waals surface area contributed by atoms with Crippen LogP contribution < -0.4 is 11.1 Å². The third-order valence-corrected chi connectivity index (χ3v) is 4.62. The molecule has 0 unspecified atom stereocenters. The summed E-state index contributed by atoms with van der Waals surface area (Å²) in [7, 11) is 0. The molecule has 3 N–H and O–H groups in total. The van der Waals surface area contributed by atoms with Gasteiger partial charge in [0.1, 0.15) is 0 Å². The Morgan fingerprint density at radius 2 is 1.84 bits per heavy atom. The van der Waals surface area contributed by atoms with Crippen molar-refractivity contribution in [1.29, 1.82) is 0 Å². The van der Waals surface area contributed by atoms with E-state index < -0.39 is 0 Å². The largest absolute Gasteiger partial charge is 0.356 e. The van der Waals surface area contributed by atoms with Crippen LogP contribution in [0.15, 0.2) is 0 Å². The van der Waals surface area contributed by atoms with E-state index in [9.17, 15) is 4.79 Å². The Hall–Kier alpha value is -0.570.